The van der Waals surface area contributed by atoms with Gasteiger partial charge in [-0.15, -0.1) is 0 Å². The third kappa shape index (κ3) is 4.85. The summed E-state index contributed by atoms with van der Waals surface area (Å²) in [6.45, 7) is 4.35. The van der Waals surface area contributed by atoms with E-state index in [0.29, 0.717) is 23.3 Å². The van der Waals surface area contributed by atoms with Crippen LogP contribution in [-0.4, -0.2) is 41.3 Å². The van der Waals surface area contributed by atoms with Gasteiger partial charge in [-0.05, 0) is 31.4 Å². The molecule has 0 saturated carbocycles. The number of hydrogen-bond donors (Lipinski definition) is 2. The maximum Gasteiger partial charge on any atom is 0.230 e. The number of carbonyl (C=O) groups excluding carboxylic acids is 1. The fourth-order valence-corrected chi connectivity index (χ4v) is 3.73. The van der Waals surface area contributed by atoms with Crippen LogP contribution < -0.4 is 16.0 Å². The highest BCUT2D eigenvalue weighted by Gasteiger charge is 2.15. The van der Waals surface area contributed by atoms with E-state index in [-0.39, 0.29) is 5.91 Å². The van der Waals surface area contributed by atoms with E-state index in [4.69, 9.17) is 5.73 Å². The van der Waals surface area contributed by atoms with Gasteiger partial charge in [0, 0.05) is 37.1 Å². The molecule has 3 rings (SSSR count). The average Bonchev–Trinajstić information content (AvgIpc) is 2.59. The van der Waals surface area contributed by atoms with Gasteiger partial charge in [-0.1, -0.05) is 30.0 Å². The molecule has 0 atom stereocenters. The van der Waals surface area contributed by atoms with Gasteiger partial charge in [0.1, 0.15) is 5.82 Å². The minimum absolute atomic E-state index is 0.0148. The Hall–Kier alpha value is -2.28. The Kier molecular flexibility index (Phi) is 5.75. The summed E-state index contributed by atoms with van der Waals surface area (Å²) in [4.78, 5) is 22.8. The molecule has 1 aromatic heterocycles. The van der Waals surface area contributed by atoms with Crippen molar-refractivity contribution in [1.29, 1.82) is 0 Å². The maximum absolute atomic E-state index is 12.0. The summed E-state index contributed by atoms with van der Waals surface area (Å²) in [6.07, 6.45) is 2.29. The van der Waals surface area contributed by atoms with Crippen molar-refractivity contribution in [2.45, 2.75) is 24.9 Å². The molecule has 0 spiro atoms. The Morgan fingerprint density at radius 3 is 3.04 bits per heavy atom. The minimum Gasteiger partial charge on any atom is -0.384 e. The number of nitrogens with zero attached hydrogens (tertiary/aromatic N) is 3. The van der Waals surface area contributed by atoms with Crippen molar-refractivity contribution in [2.24, 2.45) is 0 Å². The highest BCUT2D eigenvalue weighted by molar-refractivity contribution is 7.99. The van der Waals surface area contributed by atoms with Crippen LogP contribution in [0.5, 0.6) is 0 Å². The number of nitrogens with one attached hydrogen (secondary N) is 1. The molecule has 1 aliphatic rings. The molecule has 6 nitrogen and oxygen atoms in total. The predicted octanol–water partition coefficient (Wildman–Crippen LogP) is 2.03. The lowest BCUT2D eigenvalue weighted by atomic mass is 10.0. The second-order valence-corrected chi connectivity index (χ2v) is 7.02. The molecule has 0 bridgehead atoms. The number of hydrogen-bond acceptors (Lipinski definition) is 6. The molecule has 1 aliphatic heterocycles. The number of nitrogen functional groups attached to an aromatic ring is 1. The lowest BCUT2D eigenvalue weighted by Crippen LogP contribution is -2.38. The first-order valence-corrected chi connectivity index (χ1v) is 9.44. The third-order valence-electron chi connectivity index (χ3n) is 4.10. The van der Waals surface area contributed by atoms with E-state index in [1.54, 1.807) is 6.07 Å². The number of anilines is 2. The van der Waals surface area contributed by atoms with Crippen LogP contribution in [-0.2, 0) is 11.2 Å². The summed E-state index contributed by atoms with van der Waals surface area (Å²) < 4.78 is 0. The number of benzene rings is 1. The Bertz CT molecular complexity index is 732. The monoisotopic (exact) mass is 357 g/mol. The lowest BCUT2D eigenvalue weighted by molar-refractivity contribution is -0.118. The zero-order chi connectivity index (χ0) is 17.6. The number of aryl methyl sites for hydroxylation is 2. The van der Waals surface area contributed by atoms with Crippen molar-refractivity contribution in [3.8, 4) is 0 Å². The van der Waals surface area contributed by atoms with Gasteiger partial charge in [-0.2, -0.15) is 0 Å². The number of carbonyl (C=O) groups is 1. The summed E-state index contributed by atoms with van der Waals surface area (Å²) >= 11 is 1.30. The van der Waals surface area contributed by atoms with Gasteiger partial charge in [0.25, 0.3) is 0 Å². The van der Waals surface area contributed by atoms with E-state index >= 15 is 0 Å². The summed E-state index contributed by atoms with van der Waals surface area (Å²) in [5, 5.41) is 3.51. The number of thioether (sulfide) groups is 1. The highest BCUT2D eigenvalue weighted by atomic mass is 32.2. The second kappa shape index (κ2) is 8.20. The molecule has 2 heterocycles. The number of nitrogens with two attached hydrogens (primary N) is 1. The van der Waals surface area contributed by atoms with Crippen LogP contribution >= 0.6 is 11.8 Å². The normalized spacial score (nSPS) is 13.4. The Morgan fingerprint density at radius 2 is 2.20 bits per heavy atom. The van der Waals surface area contributed by atoms with Gasteiger partial charge >= 0.3 is 0 Å². The number of fused-ring (bicyclic) bond motifs is 1. The molecule has 132 valence electrons. The van der Waals surface area contributed by atoms with Crippen molar-refractivity contribution in [3.05, 3.63) is 41.6 Å². The molecule has 0 radical (unpaired) electrons. The van der Waals surface area contributed by atoms with Crippen LogP contribution in [0.3, 0.4) is 0 Å². The molecule has 0 saturated heterocycles. The van der Waals surface area contributed by atoms with Crippen LogP contribution in [0.25, 0.3) is 0 Å². The van der Waals surface area contributed by atoms with Gasteiger partial charge < -0.3 is 16.0 Å². The summed E-state index contributed by atoms with van der Waals surface area (Å²) in [5.41, 5.74) is 9.19. The number of amides is 1. The van der Waals surface area contributed by atoms with E-state index in [9.17, 15) is 4.79 Å². The predicted molar refractivity (Wildman–Crippen MR) is 102 cm³/mol. The fraction of sp³-hybridized carbons (Fsp3) is 0.389. The Balaban J connectivity index is 1.44. The molecule has 1 amide bonds. The molecule has 2 aromatic rings. The van der Waals surface area contributed by atoms with E-state index < -0.39 is 0 Å². The van der Waals surface area contributed by atoms with Gasteiger partial charge in [-0.3, -0.25) is 4.79 Å². The molecule has 1 aromatic carbocycles. The molecule has 0 aliphatic carbocycles. The van der Waals surface area contributed by atoms with Crippen molar-refractivity contribution in [2.75, 3.05) is 36.0 Å². The molecule has 0 unspecified atom stereocenters. The summed E-state index contributed by atoms with van der Waals surface area (Å²) in [7, 11) is 0. The molecule has 25 heavy (non-hydrogen) atoms. The standard InChI is InChI=1S/C18H23N5OS/c1-13-11-16(19)22-18(21-13)25-12-17(24)20-8-10-23-9-4-6-14-5-2-3-7-15(14)23/h2-3,5,7,11H,4,6,8-10,12H2,1H3,(H,20,24)(H2,19,21,22). The molecule has 3 N–H and O–H groups in total. The number of para-hydroxylation sites is 1. The largest absolute Gasteiger partial charge is 0.384 e. The van der Waals surface area contributed by atoms with Crippen molar-refractivity contribution in [1.82, 2.24) is 15.3 Å². The first-order chi connectivity index (χ1) is 12.1. The first kappa shape index (κ1) is 17.5. The van der Waals surface area contributed by atoms with Crippen molar-refractivity contribution in [3.63, 3.8) is 0 Å². The topological polar surface area (TPSA) is 84.1 Å². The highest BCUT2D eigenvalue weighted by Crippen LogP contribution is 2.26. The molecule has 0 fully saturated rings. The van der Waals surface area contributed by atoms with Crippen LogP contribution in [0.1, 0.15) is 17.7 Å². The van der Waals surface area contributed by atoms with E-state index in [1.165, 1.54) is 23.0 Å². The van der Waals surface area contributed by atoms with Crippen LogP contribution in [0, 0.1) is 6.92 Å². The van der Waals surface area contributed by atoms with Gasteiger partial charge in [0.2, 0.25) is 5.91 Å². The number of rotatable bonds is 6. The van der Waals surface area contributed by atoms with Gasteiger partial charge in [-0.25, -0.2) is 9.97 Å². The van der Waals surface area contributed by atoms with Crippen molar-refractivity contribution < 1.29 is 4.79 Å². The zero-order valence-electron chi connectivity index (χ0n) is 14.4. The summed E-state index contributed by atoms with van der Waals surface area (Å²) in [5.74, 6) is 0.706. The SMILES string of the molecule is Cc1cc(N)nc(SCC(=O)NCCN2CCCc3ccccc32)n1. The maximum atomic E-state index is 12.0. The van der Waals surface area contributed by atoms with Crippen LogP contribution in [0.2, 0.25) is 0 Å². The average molecular weight is 357 g/mol. The van der Waals surface area contributed by atoms with Gasteiger partial charge in [0.05, 0.1) is 5.75 Å². The van der Waals surface area contributed by atoms with Gasteiger partial charge in [0.15, 0.2) is 5.16 Å². The van der Waals surface area contributed by atoms with Crippen LogP contribution in [0.15, 0.2) is 35.5 Å². The summed E-state index contributed by atoms with van der Waals surface area (Å²) in [6, 6.07) is 10.2. The zero-order valence-corrected chi connectivity index (χ0v) is 15.2. The Morgan fingerprint density at radius 1 is 1.36 bits per heavy atom. The van der Waals surface area contributed by atoms with Crippen LogP contribution in [0.4, 0.5) is 11.5 Å². The molecule has 7 heteroatoms. The smallest absolute Gasteiger partial charge is 0.230 e. The second-order valence-electron chi connectivity index (χ2n) is 6.07. The van der Waals surface area contributed by atoms with Crippen molar-refractivity contribution >= 4 is 29.2 Å². The van der Waals surface area contributed by atoms with E-state index in [1.807, 2.05) is 6.92 Å². The minimum atomic E-state index is -0.0148. The fourth-order valence-electron chi connectivity index (χ4n) is 2.98. The lowest BCUT2D eigenvalue weighted by Gasteiger charge is -2.31. The third-order valence-corrected chi connectivity index (χ3v) is 4.94. The number of aromatic nitrogens is 2. The van der Waals surface area contributed by atoms with E-state index in [2.05, 4.69) is 44.5 Å². The molecular formula is C18H23N5OS. The molecular weight excluding hydrogens is 334 g/mol. The quantitative estimate of drug-likeness (QED) is 0.608. The Labute approximate surface area is 152 Å². The van der Waals surface area contributed by atoms with E-state index in [0.717, 1.165) is 31.6 Å². The first-order valence-electron chi connectivity index (χ1n) is 8.45.